The Hall–Kier alpha value is -1.58. The number of aliphatic hydroxyl groups is 2. The Bertz CT molecular complexity index is 1010. The summed E-state index contributed by atoms with van der Waals surface area (Å²) in [6.45, 7) is 3.46. The molecular formula is C46H85O9P. The fourth-order valence-corrected chi connectivity index (χ4v) is 6.79. The van der Waals surface area contributed by atoms with Gasteiger partial charge in [0, 0.05) is 13.0 Å². The van der Waals surface area contributed by atoms with Crippen molar-refractivity contribution in [3.8, 4) is 0 Å². The summed E-state index contributed by atoms with van der Waals surface area (Å²) in [6.07, 6.45) is 47.8. The lowest BCUT2D eigenvalue weighted by atomic mass is 10.1. The number of unbranched alkanes of at least 4 members (excludes halogenated alkanes) is 21. The van der Waals surface area contributed by atoms with Crippen molar-refractivity contribution in [1.29, 1.82) is 0 Å². The number of aliphatic hydroxyl groups excluding tert-OH is 2. The first kappa shape index (κ1) is 54.4. The molecule has 0 aromatic carbocycles. The minimum Gasteiger partial charge on any atom is -0.457 e. The molecular weight excluding hydrogens is 727 g/mol. The number of esters is 1. The Labute approximate surface area is 343 Å². The average Bonchev–Trinajstić information content (AvgIpc) is 3.19. The van der Waals surface area contributed by atoms with Crippen LogP contribution < -0.4 is 0 Å². The molecule has 10 heteroatoms. The summed E-state index contributed by atoms with van der Waals surface area (Å²) in [7, 11) is -4.52. The van der Waals surface area contributed by atoms with Crippen molar-refractivity contribution in [1.82, 2.24) is 0 Å². The summed E-state index contributed by atoms with van der Waals surface area (Å²) >= 11 is 0. The van der Waals surface area contributed by atoms with Crippen LogP contribution in [0.5, 0.6) is 0 Å². The van der Waals surface area contributed by atoms with E-state index < -0.39 is 39.2 Å². The molecule has 0 fully saturated rings. The Kier molecular flexibility index (Phi) is 41.8. The number of rotatable bonds is 43. The van der Waals surface area contributed by atoms with Gasteiger partial charge in [0.05, 0.1) is 26.4 Å². The highest BCUT2D eigenvalue weighted by Gasteiger charge is 2.26. The van der Waals surface area contributed by atoms with E-state index in [1.807, 2.05) is 0 Å². The van der Waals surface area contributed by atoms with Crippen molar-refractivity contribution in [3.05, 3.63) is 48.6 Å². The van der Waals surface area contributed by atoms with E-state index in [-0.39, 0.29) is 19.6 Å². The van der Waals surface area contributed by atoms with Gasteiger partial charge >= 0.3 is 13.8 Å². The van der Waals surface area contributed by atoms with E-state index >= 15 is 0 Å². The zero-order chi connectivity index (χ0) is 41.1. The van der Waals surface area contributed by atoms with E-state index in [1.54, 1.807) is 0 Å². The molecule has 0 spiro atoms. The van der Waals surface area contributed by atoms with Gasteiger partial charge in [-0.15, -0.1) is 0 Å². The summed E-state index contributed by atoms with van der Waals surface area (Å²) in [4.78, 5) is 22.6. The van der Waals surface area contributed by atoms with E-state index in [1.165, 1.54) is 96.3 Å². The maximum atomic E-state index is 12.6. The van der Waals surface area contributed by atoms with Gasteiger partial charge in [0.25, 0.3) is 0 Å². The quantitative estimate of drug-likeness (QED) is 0.0238. The van der Waals surface area contributed by atoms with Crippen LogP contribution in [0.1, 0.15) is 194 Å². The lowest BCUT2D eigenvalue weighted by Gasteiger charge is -2.20. The largest absolute Gasteiger partial charge is 0.472 e. The molecule has 0 bridgehead atoms. The summed E-state index contributed by atoms with van der Waals surface area (Å²) in [5.41, 5.74) is 0. The Morgan fingerprint density at radius 3 is 1.43 bits per heavy atom. The summed E-state index contributed by atoms with van der Waals surface area (Å²) in [6, 6.07) is 0. The van der Waals surface area contributed by atoms with E-state index in [4.69, 9.17) is 23.6 Å². The molecule has 0 saturated heterocycles. The molecule has 0 aliphatic rings. The molecule has 0 amide bonds. The molecule has 9 nitrogen and oxygen atoms in total. The lowest BCUT2D eigenvalue weighted by molar-refractivity contribution is -0.154. The molecule has 328 valence electrons. The van der Waals surface area contributed by atoms with E-state index in [0.717, 1.165) is 70.6 Å². The number of ether oxygens (including phenoxy) is 2. The van der Waals surface area contributed by atoms with Gasteiger partial charge in [-0.05, 0) is 77.0 Å². The SMILES string of the molecule is CCCCCC/C=C\C/C=C\CCCCCCCCCCOCC(COP(=O)(O)OCC(O)CO)OC(=O)CCCCCCC/C=C\C/C=C\CCCCCC. The fraction of sp³-hybridized carbons (Fsp3) is 0.804. The molecule has 0 radical (unpaired) electrons. The Morgan fingerprint density at radius 1 is 0.554 bits per heavy atom. The second kappa shape index (κ2) is 43.0. The van der Waals surface area contributed by atoms with E-state index in [0.29, 0.717) is 13.0 Å². The standard InChI is InChI=1S/C46H85O9P/c1-3-5-7-9-11-13-15-17-19-21-22-23-25-27-29-31-33-35-37-39-52-42-45(43-54-56(50,51)53-41-44(48)40-47)55-46(49)38-36-34-32-30-28-26-24-20-18-16-14-12-10-8-6-4-2/h13-16,19-21,24,44-45,47-48H,3-12,17-18,22-23,25-43H2,1-2H3,(H,50,51)/b15-13-,16-14-,21-19-,24-20-. The average molecular weight is 813 g/mol. The molecule has 0 saturated carbocycles. The highest BCUT2D eigenvalue weighted by Crippen LogP contribution is 2.43. The summed E-state index contributed by atoms with van der Waals surface area (Å²) < 4.78 is 33.4. The smallest absolute Gasteiger partial charge is 0.457 e. The first-order valence-corrected chi connectivity index (χ1v) is 24.1. The number of hydrogen-bond acceptors (Lipinski definition) is 8. The van der Waals surface area contributed by atoms with Crippen molar-refractivity contribution in [2.45, 2.75) is 206 Å². The maximum Gasteiger partial charge on any atom is 0.472 e. The van der Waals surface area contributed by atoms with Crippen LogP contribution in [0.2, 0.25) is 0 Å². The number of hydrogen-bond donors (Lipinski definition) is 3. The Balaban J connectivity index is 4.18. The van der Waals surface area contributed by atoms with Crippen LogP contribution in [0.4, 0.5) is 0 Å². The van der Waals surface area contributed by atoms with Crippen molar-refractivity contribution >= 4 is 13.8 Å². The van der Waals surface area contributed by atoms with Crippen LogP contribution in [-0.2, 0) is 27.9 Å². The zero-order valence-electron chi connectivity index (χ0n) is 35.8. The molecule has 3 N–H and O–H groups in total. The highest BCUT2D eigenvalue weighted by atomic mass is 31.2. The van der Waals surface area contributed by atoms with Gasteiger partial charge in [-0.3, -0.25) is 13.8 Å². The zero-order valence-corrected chi connectivity index (χ0v) is 36.7. The topological polar surface area (TPSA) is 132 Å². The molecule has 0 heterocycles. The summed E-state index contributed by atoms with van der Waals surface area (Å²) in [5.74, 6) is -0.399. The van der Waals surface area contributed by atoms with Gasteiger partial charge in [-0.2, -0.15) is 0 Å². The molecule has 0 aromatic heterocycles. The second-order valence-electron chi connectivity index (χ2n) is 15.1. The normalized spacial score (nSPS) is 14.4. The predicted octanol–water partition coefficient (Wildman–Crippen LogP) is 12.6. The minimum absolute atomic E-state index is 0.0387. The third kappa shape index (κ3) is 42.0. The minimum atomic E-state index is -4.52. The molecule has 0 aliphatic heterocycles. The van der Waals surface area contributed by atoms with Crippen LogP contribution in [0.3, 0.4) is 0 Å². The maximum absolute atomic E-state index is 12.6. The number of carbonyl (C=O) groups excluding carboxylic acids is 1. The van der Waals surface area contributed by atoms with Crippen LogP contribution >= 0.6 is 7.82 Å². The van der Waals surface area contributed by atoms with Gasteiger partial charge < -0.3 is 24.6 Å². The molecule has 3 atom stereocenters. The first-order chi connectivity index (χ1) is 27.3. The fourth-order valence-electron chi connectivity index (χ4n) is 6.00. The summed E-state index contributed by atoms with van der Waals surface area (Å²) in [5, 5.41) is 18.4. The van der Waals surface area contributed by atoms with Gasteiger partial charge in [0.1, 0.15) is 12.2 Å². The first-order valence-electron chi connectivity index (χ1n) is 22.6. The van der Waals surface area contributed by atoms with E-state index in [2.05, 4.69) is 62.5 Å². The third-order valence-electron chi connectivity index (χ3n) is 9.49. The monoisotopic (exact) mass is 813 g/mol. The number of carbonyl (C=O) groups is 1. The van der Waals surface area contributed by atoms with Crippen LogP contribution in [0.15, 0.2) is 48.6 Å². The number of phosphoric ester groups is 1. The van der Waals surface area contributed by atoms with Gasteiger partial charge in [0.2, 0.25) is 0 Å². The van der Waals surface area contributed by atoms with Crippen LogP contribution in [-0.4, -0.2) is 66.3 Å². The number of allylic oxidation sites excluding steroid dienone is 8. The number of phosphoric acid groups is 1. The highest BCUT2D eigenvalue weighted by molar-refractivity contribution is 7.47. The predicted molar refractivity (Wildman–Crippen MR) is 233 cm³/mol. The van der Waals surface area contributed by atoms with Gasteiger partial charge in [0.15, 0.2) is 0 Å². The van der Waals surface area contributed by atoms with Gasteiger partial charge in [-0.25, -0.2) is 4.57 Å². The third-order valence-corrected chi connectivity index (χ3v) is 10.4. The molecule has 0 aliphatic carbocycles. The van der Waals surface area contributed by atoms with Crippen LogP contribution in [0.25, 0.3) is 0 Å². The van der Waals surface area contributed by atoms with Crippen molar-refractivity contribution in [3.63, 3.8) is 0 Å². The van der Waals surface area contributed by atoms with Crippen molar-refractivity contribution in [2.24, 2.45) is 0 Å². The Morgan fingerprint density at radius 2 is 0.964 bits per heavy atom. The molecule has 0 rings (SSSR count). The molecule has 56 heavy (non-hydrogen) atoms. The van der Waals surface area contributed by atoms with E-state index in [9.17, 15) is 19.4 Å². The molecule has 3 unspecified atom stereocenters. The van der Waals surface area contributed by atoms with Crippen molar-refractivity contribution in [2.75, 3.05) is 33.0 Å². The van der Waals surface area contributed by atoms with Crippen molar-refractivity contribution < 1.29 is 43.0 Å². The van der Waals surface area contributed by atoms with Crippen LogP contribution in [0, 0.1) is 0 Å². The lowest BCUT2D eigenvalue weighted by Crippen LogP contribution is -2.29. The van der Waals surface area contributed by atoms with Gasteiger partial charge in [-0.1, -0.05) is 159 Å². The second-order valence-corrected chi connectivity index (χ2v) is 16.5. The molecule has 0 aromatic rings.